The van der Waals surface area contributed by atoms with Crippen molar-refractivity contribution >= 4 is 23.3 Å². The number of hydrogen-bond donors (Lipinski definition) is 0. The van der Waals surface area contributed by atoms with E-state index < -0.39 is 0 Å². The summed E-state index contributed by atoms with van der Waals surface area (Å²) in [5.74, 6) is 0.890. The summed E-state index contributed by atoms with van der Waals surface area (Å²) < 4.78 is 5.80. The number of carbonyl (C=O) groups excluding carboxylic acids is 1. The van der Waals surface area contributed by atoms with Crippen LogP contribution in [0, 0.1) is 6.92 Å². The molecule has 1 aliphatic heterocycles. The van der Waals surface area contributed by atoms with E-state index in [1.54, 1.807) is 17.4 Å². The van der Waals surface area contributed by atoms with Gasteiger partial charge in [0.2, 0.25) is 5.91 Å². The van der Waals surface area contributed by atoms with Crippen LogP contribution in [-0.2, 0) is 11.4 Å². The molecule has 1 aromatic heterocycles. The number of ether oxygens (including phenoxy) is 1. The molecule has 1 aromatic carbocycles. The maximum Gasteiger partial charge on any atom is 0.246 e. The zero-order valence-electron chi connectivity index (χ0n) is 14.6. The second-order valence-corrected chi connectivity index (χ2v) is 7.35. The zero-order chi connectivity index (χ0) is 17.5. The lowest BCUT2D eigenvalue weighted by Gasteiger charge is -2.17. The highest BCUT2D eigenvalue weighted by Crippen LogP contribution is 2.17. The third-order valence-corrected chi connectivity index (χ3v) is 5.07. The van der Waals surface area contributed by atoms with Gasteiger partial charge in [0.15, 0.2) is 0 Å². The molecule has 0 atom stereocenters. The minimum atomic E-state index is 0.103. The predicted octanol–water partition coefficient (Wildman–Crippen LogP) is 4.45. The van der Waals surface area contributed by atoms with E-state index >= 15 is 0 Å². The van der Waals surface area contributed by atoms with E-state index in [2.05, 4.69) is 4.98 Å². The first kappa shape index (κ1) is 17.7. The Kier molecular flexibility index (Phi) is 6.23. The van der Waals surface area contributed by atoms with Gasteiger partial charge >= 0.3 is 0 Å². The fraction of sp³-hybridized carbons (Fsp3) is 0.400. The van der Waals surface area contributed by atoms with E-state index in [9.17, 15) is 4.79 Å². The van der Waals surface area contributed by atoms with Gasteiger partial charge in [0, 0.05) is 24.5 Å². The van der Waals surface area contributed by atoms with Crippen LogP contribution >= 0.6 is 11.3 Å². The summed E-state index contributed by atoms with van der Waals surface area (Å²) in [7, 11) is 0. The highest BCUT2D eigenvalue weighted by Gasteiger charge is 2.12. The number of amides is 1. The van der Waals surface area contributed by atoms with E-state index in [1.807, 2.05) is 47.5 Å². The van der Waals surface area contributed by atoms with Gasteiger partial charge in [-0.2, -0.15) is 0 Å². The van der Waals surface area contributed by atoms with Crippen LogP contribution in [0.1, 0.15) is 41.9 Å². The minimum absolute atomic E-state index is 0.103. The molecule has 0 unspecified atom stereocenters. The standard InChI is InChI=1S/C20H24N2O2S/c1-16-21-18(15-25-16)14-24-19-8-6-7-17(13-19)9-10-20(23)22-11-4-2-3-5-12-22/h6-10,13,15H,2-5,11-12,14H2,1H3/b10-9+. The largest absolute Gasteiger partial charge is 0.487 e. The van der Waals surface area contributed by atoms with Crippen molar-refractivity contribution in [1.29, 1.82) is 0 Å². The van der Waals surface area contributed by atoms with Crippen LogP contribution in [0.25, 0.3) is 6.08 Å². The number of benzene rings is 1. The first-order valence-electron chi connectivity index (χ1n) is 8.81. The second-order valence-electron chi connectivity index (χ2n) is 6.29. The first-order valence-corrected chi connectivity index (χ1v) is 9.69. The molecule has 1 fully saturated rings. The molecule has 5 heteroatoms. The number of hydrogen-bond acceptors (Lipinski definition) is 4. The third kappa shape index (κ3) is 5.43. The molecule has 0 saturated carbocycles. The molecule has 2 heterocycles. The Morgan fingerprint density at radius 2 is 2.08 bits per heavy atom. The van der Waals surface area contributed by atoms with Crippen LogP contribution in [-0.4, -0.2) is 28.9 Å². The number of thiazole rings is 1. The molecule has 0 aliphatic carbocycles. The van der Waals surface area contributed by atoms with Crippen molar-refractivity contribution in [3.8, 4) is 5.75 Å². The molecule has 1 aliphatic rings. The molecule has 132 valence electrons. The van der Waals surface area contributed by atoms with Crippen molar-refractivity contribution in [2.45, 2.75) is 39.2 Å². The molecule has 0 N–H and O–H groups in total. The summed E-state index contributed by atoms with van der Waals surface area (Å²) in [4.78, 5) is 18.7. The Balaban J connectivity index is 1.57. The van der Waals surface area contributed by atoms with Gasteiger partial charge in [0.25, 0.3) is 0 Å². The van der Waals surface area contributed by atoms with Gasteiger partial charge in [-0.25, -0.2) is 4.98 Å². The fourth-order valence-corrected chi connectivity index (χ4v) is 3.50. The highest BCUT2D eigenvalue weighted by atomic mass is 32.1. The van der Waals surface area contributed by atoms with Gasteiger partial charge in [-0.15, -0.1) is 11.3 Å². The second kappa shape index (κ2) is 8.81. The van der Waals surface area contributed by atoms with Crippen LogP contribution < -0.4 is 4.74 Å². The monoisotopic (exact) mass is 356 g/mol. The van der Waals surface area contributed by atoms with Gasteiger partial charge < -0.3 is 9.64 Å². The Labute approximate surface area is 153 Å². The van der Waals surface area contributed by atoms with E-state index in [0.29, 0.717) is 6.61 Å². The van der Waals surface area contributed by atoms with Crippen molar-refractivity contribution < 1.29 is 9.53 Å². The number of rotatable bonds is 5. The van der Waals surface area contributed by atoms with Crippen LogP contribution in [0.4, 0.5) is 0 Å². The van der Waals surface area contributed by atoms with Crippen molar-refractivity contribution in [2.75, 3.05) is 13.1 Å². The lowest BCUT2D eigenvalue weighted by atomic mass is 10.2. The minimum Gasteiger partial charge on any atom is -0.487 e. The first-order chi connectivity index (χ1) is 12.2. The number of carbonyl (C=O) groups is 1. The zero-order valence-corrected chi connectivity index (χ0v) is 15.4. The Morgan fingerprint density at radius 1 is 1.28 bits per heavy atom. The summed E-state index contributed by atoms with van der Waals surface area (Å²) in [6.45, 7) is 4.20. The molecule has 0 bridgehead atoms. The SMILES string of the molecule is Cc1nc(COc2cccc(/C=C/C(=O)N3CCCCCC3)c2)cs1. The highest BCUT2D eigenvalue weighted by molar-refractivity contribution is 7.09. The summed E-state index contributed by atoms with van der Waals surface area (Å²) in [5, 5.41) is 3.06. The summed E-state index contributed by atoms with van der Waals surface area (Å²) in [5.41, 5.74) is 1.91. The van der Waals surface area contributed by atoms with Crippen molar-refractivity contribution in [2.24, 2.45) is 0 Å². The van der Waals surface area contributed by atoms with Gasteiger partial charge in [0.1, 0.15) is 12.4 Å². The molecule has 1 saturated heterocycles. The quantitative estimate of drug-likeness (QED) is 0.744. The summed E-state index contributed by atoms with van der Waals surface area (Å²) in [6, 6.07) is 7.79. The number of aromatic nitrogens is 1. The summed E-state index contributed by atoms with van der Waals surface area (Å²) in [6.07, 6.45) is 8.22. The van der Waals surface area contributed by atoms with Crippen molar-refractivity contribution in [3.05, 3.63) is 52.0 Å². The van der Waals surface area contributed by atoms with Crippen LogP contribution in [0.15, 0.2) is 35.7 Å². The number of likely N-dealkylation sites (tertiary alicyclic amines) is 1. The topological polar surface area (TPSA) is 42.4 Å². The van der Waals surface area contributed by atoms with Gasteiger partial charge in [-0.1, -0.05) is 25.0 Å². The molecule has 1 amide bonds. The van der Waals surface area contributed by atoms with E-state index in [4.69, 9.17) is 4.74 Å². The van der Waals surface area contributed by atoms with E-state index in [1.165, 1.54) is 12.8 Å². The maximum atomic E-state index is 12.3. The number of aryl methyl sites for hydroxylation is 1. The Morgan fingerprint density at radius 3 is 2.80 bits per heavy atom. The molecule has 25 heavy (non-hydrogen) atoms. The average Bonchev–Trinajstić information content (AvgIpc) is 2.86. The normalized spacial score (nSPS) is 15.3. The molecular weight excluding hydrogens is 332 g/mol. The number of nitrogens with zero attached hydrogens (tertiary/aromatic N) is 2. The molecule has 3 rings (SSSR count). The van der Waals surface area contributed by atoms with Gasteiger partial charge in [-0.05, 0) is 43.5 Å². The van der Waals surface area contributed by atoms with Gasteiger partial charge in [-0.3, -0.25) is 4.79 Å². The van der Waals surface area contributed by atoms with Gasteiger partial charge in [0.05, 0.1) is 10.7 Å². The Hall–Kier alpha value is -2.14. The molecule has 0 spiro atoms. The molecule has 2 aromatic rings. The van der Waals surface area contributed by atoms with Crippen LogP contribution in [0.2, 0.25) is 0 Å². The van der Waals surface area contributed by atoms with Crippen molar-refractivity contribution in [1.82, 2.24) is 9.88 Å². The lowest BCUT2D eigenvalue weighted by Crippen LogP contribution is -2.30. The fourth-order valence-electron chi connectivity index (χ4n) is 2.90. The van der Waals surface area contributed by atoms with E-state index in [-0.39, 0.29) is 5.91 Å². The van der Waals surface area contributed by atoms with Crippen LogP contribution in [0.5, 0.6) is 5.75 Å². The van der Waals surface area contributed by atoms with E-state index in [0.717, 1.165) is 47.9 Å². The molecular formula is C20H24N2O2S. The lowest BCUT2D eigenvalue weighted by molar-refractivity contribution is -0.125. The third-order valence-electron chi connectivity index (χ3n) is 4.25. The molecule has 0 radical (unpaired) electrons. The molecule has 4 nitrogen and oxygen atoms in total. The maximum absolute atomic E-state index is 12.3. The Bertz CT molecular complexity index is 731. The van der Waals surface area contributed by atoms with Crippen LogP contribution in [0.3, 0.4) is 0 Å². The predicted molar refractivity (Wildman–Crippen MR) is 102 cm³/mol. The average molecular weight is 356 g/mol. The van der Waals surface area contributed by atoms with Crippen molar-refractivity contribution in [3.63, 3.8) is 0 Å². The smallest absolute Gasteiger partial charge is 0.246 e. The summed E-state index contributed by atoms with van der Waals surface area (Å²) >= 11 is 1.62.